The highest BCUT2D eigenvalue weighted by molar-refractivity contribution is 5.80. The number of carbonyl (C=O) groups is 1. The van der Waals surface area contributed by atoms with Crippen molar-refractivity contribution in [3.8, 4) is 5.75 Å². The van der Waals surface area contributed by atoms with E-state index in [1.54, 1.807) is 6.07 Å². The predicted molar refractivity (Wildman–Crippen MR) is 59.3 cm³/mol. The molecule has 1 aliphatic rings. The zero-order valence-electron chi connectivity index (χ0n) is 8.73. The summed E-state index contributed by atoms with van der Waals surface area (Å²) in [5, 5.41) is 9.91. The minimum absolute atomic E-state index is 0.146. The van der Waals surface area contributed by atoms with Gasteiger partial charge in [-0.2, -0.15) is 0 Å². The molecule has 0 saturated heterocycles. The lowest BCUT2D eigenvalue weighted by Gasteiger charge is -2.13. The Balaban J connectivity index is 2.49. The molecule has 0 amide bonds. The van der Waals surface area contributed by atoms with Crippen LogP contribution < -0.4 is 0 Å². The van der Waals surface area contributed by atoms with Gasteiger partial charge >= 0.3 is 0 Å². The van der Waals surface area contributed by atoms with Gasteiger partial charge in [-0.25, -0.2) is 0 Å². The molecule has 78 valence electrons. The highest BCUT2D eigenvalue weighted by Crippen LogP contribution is 2.36. The van der Waals surface area contributed by atoms with E-state index in [1.165, 1.54) is 0 Å². The van der Waals surface area contributed by atoms with Crippen molar-refractivity contribution in [1.29, 1.82) is 0 Å². The molecule has 2 rings (SSSR count). The number of rotatable bonds is 2. The lowest BCUT2D eigenvalue weighted by Crippen LogP contribution is -1.96. The number of hydrogen-bond acceptors (Lipinski definition) is 2. The molecule has 0 aromatic heterocycles. The molecular weight excluding hydrogens is 188 g/mol. The van der Waals surface area contributed by atoms with Gasteiger partial charge in [0.1, 0.15) is 5.75 Å². The maximum absolute atomic E-state index is 10.8. The Kier molecular flexibility index (Phi) is 2.58. The fraction of sp³-hybridized carbons (Fsp3) is 0.308. The van der Waals surface area contributed by atoms with Crippen LogP contribution in [0.1, 0.15) is 40.2 Å². The number of phenolic OH excluding ortho intramolecular Hbond substituents is 1. The molecule has 1 N–H and O–H groups in total. The van der Waals surface area contributed by atoms with E-state index in [1.807, 2.05) is 13.0 Å². The Labute approximate surface area is 89.2 Å². The molecule has 0 saturated carbocycles. The lowest BCUT2D eigenvalue weighted by molar-refractivity contribution is 0.112. The van der Waals surface area contributed by atoms with Gasteiger partial charge in [-0.05, 0) is 31.4 Å². The Morgan fingerprint density at radius 2 is 2.27 bits per heavy atom. The van der Waals surface area contributed by atoms with Crippen LogP contribution in [0.2, 0.25) is 0 Å². The molecular formula is C13H14O2. The van der Waals surface area contributed by atoms with E-state index in [9.17, 15) is 9.90 Å². The number of benzene rings is 1. The number of aldehydes is 1. The largest absolute Gasteiger partial charge is 0.507 e. The van der Waals surface area contributed by atoms with Crippen molar-refractivity contribution in [2.75, 3.05) is 0 Å². The van der Waals surface area contributed by atoms with Crippen molar-refractivity contribution in [3.05, 3.63) is 41.0 Å². The topological polar surface area (TPSA) is 37.3 Å². The minimum atomic E-state index is 0.146. The van der Waals surface area contributed by atoms with Crippen LogP contribution in [0.3, 0.4) is 0 Å². The molecule has 0 radical (unpaired) electrons. The number of aromatic hydroxyl groups is 1. The Hall–Kier alpha value is -1.57. The summed E-state index contributed by atoms with van der Waals surface area (Å²) in [5.74, 6) is 0.413. The second kappa shape index (κ2) is 3.89. The molecule has 15 heavy (non-hydrogen) atoms. The van der Waals surface area contributed by atoms with E-state index < -0.39 is 0 Å². The summed E-state index contributed by atoms with van der Waals surface area (Å²) >= 11 is 0. The predicted octanol–water partition coefficient (Wildman–Crippen LogP) is 2.95. The van der Waals surface area contributed by atoms with Crippen LogP contribution >= 0.6 is 0 Å². The monoisotopic (exact) mass is 202 g/mol. The van der Waals surface area contributed by atoms with Crippen molar-refractivity contribution >= 4 is 6.29 Å². The van der Waals surface area contributed by atoms with Gasteiger partial charge in [0.2, 0.25) is 0 Å². The third-order valence-electron chi connectivity index (χ3n) is 2.85. The van der Waals surface area contributed by atoms with Crippen molar-refractivity contribution in [2.45, 2.75) is 25.7 Å². The average Bonchev–Trinajstić information content (AvgIpc) is 2.74. The van der Waals surface area contributed by atoms with Gasteiger partial charge in [0.15, 0.2) is 6.29 Å². The maximum Gasteiger partial charge on any atom is 0.153 e. The van der Waals surface area contributed by atoms with Crippen LogP contribution in [-0.4, -0.2) is 11.4 Å². The summed E-state index contributed by atoms with van der Waals surface area (Å²) in [7, 11) is 0. The standard InChI is InChI=1S/C13H14O2/c1-9-6-11(8-14)13(15)12(7-9)10-4-2-3-5-10/h2,4,6-8,10,15H,3,5H2,1H3/t10-/m0/s1. The molecule has 0 bridgehead atoms. The van der Waals surface area contributed by atoms with E-state index in [2.05, 4.69) is 12.2 Å². The van der Waals surface area contributed by atoms with Gasteiger partial charge in [0.25, 0.3) is 0 Å². The number of phenols is 1. The Morgan fingerprint density at radius 3 is 2.87 bits per heavy atom. The quantitative estimate of drug-likeness (QED) is 0.591. The molecule has 0 fully saturated rings. The fourth-order valence-corrected chi connectivity index (χ4v) is 2.10. The van der Waals surface area contributed by atoms with Crippen molar-refractivity contribution < 1.29 is 9.90 Å². The first-order chi connectivity index (χ1) is 7.22. The second-order valence-corrected chi connectivity index (χ2v) is 4.02. The number of aryl methyl sites for hydroxylation is 1. The van der Waals surface area contributed by atoms with Crippen molar-refractivity contribution in [1.82, 2.24) is 0 Å². The second-order valence-electron chi connectivity index (χ2n) is 4.02. The molecule has 2 nitrogen and oxygen atoms in total. The van der Waals surface area contributed by atoms with Crippen LogP contribution in [0, 0.1) is 6.92 Å². The van der Waals surface area contributed by atoms with E-state index in [0.717, 1.165) is 24.0 Å². The average molecular weight is 202 g/mol. The summed E-state index contributed by atoms with van der Waals surface area (Å²) in [6, 6.07) is 3.67. The van der Waals surface area contributed by atoms with Crippen molar-refractivity contribution in [3.63, 3.8) is 0 Å². The summed E-state index contributed by atoms with van der Waals surface area (Å²) in [6.07, 6.45) is 7.00. The molecule has 0 spiro atoms. The third kappa shape index (κ3) is 1.80. The van der Waals surface area contributed by atoms with Crippen LogP contribution in [0.5, 0.6) is 5.75 Å². The van der Waals surface area contributed by atoms with Crippen LogP contribution in [-0.2, 0) is 0 Å². The van der Waals surface area contributed by atoms with Crippen molar-refractivity contribution in [2.24, 2.45) is 0 Å². The van der Waals surface area contributed by atoms with E-state index in [0.29, 0.717) is 11.8 Å². The number of carbonyl (C=O) groups excluding carboxylic acids is 1. The van der Waals surface area contributed by atoms with Gasteiger partial charge in [-0.15, -0.1) is 0 Å². The molecule has 0 unspecified atom stereocenters. The first kappa shape index (κ1) is 9.97. The molecule has 0 aliphatic heterocycles. The Morgan fingerprint density at radius 1 is 1.47 bits per heavy atom. The van der Waals surface area contributed by atoms with Crippen LogP contribution in [0.4, 0.5) is 0 Å². The molecule has 2 heteroatoms. The highest BCUT2D eigenvalue weighted by Gasteiger charge is 2.17. The van der Waals surface area contributed by atoms with E-state index in [-0.39, 0.29) is 11.7 Å². The molecule has 1 aromatic rings. The zero-order valence-corrected chi connectivity index (χ0v) is 8.73. The zero-order chi connectivity index (χ0) is 10.8. The maximum atomic E-state index is 10.8. The van der Waals surface area contributed by atoms with Crippen LogP contribution in [0.15, 0.2) is 24.3 Å². The highest BCUT2D eigenvalue weighted by atomic mass is 16.3. The van der Waals surface area contributed by atoms with Gasteiger partial charge in [-0.3, -0.25) is 4.79 Å². The third-order valence-corrected chi connectivity index (χ3v) is 2.85. The Bertz CT molecular complexity index is 419. The first-order valence-electron chi connectivity index (χ1n) is 5.17. The summed E-state index contributed by atoms with van der Waals surface area (Å²) in [5.41, 5.74) is 2.29. The number of allylic oxidation sites excluding steroid dienone is 2. The smallest absolute Gasteiger partial charge is 0.153 e. The van der Waals surface area contributed by atoms with Crippen LogP contribution in [0.25, 0.3) is 0 Å². The molecule has 1 aliphatic carbocycles. The van der Waals surface area contributed by atoms with Gasteiger partial charge in [0.05, 0.1) is 5.56 Å². The van der Waals surface area contributed by atoms with Gasteiger partial charge in [-0.1, -0.05) is 18.2 Å². The van der Waals surface area contributed by atoms with E-state index in [4.69, 9.17) is 0 Å². The van der Waals surface area contributed by atoms with E-state index >= 15 is 0 Å². The summed E-state index contributed by atoms with van der Waals surface area (Å²) in [4.78, 5) is 10.8. The summed E-state index contributed by atoms with van der Waals surface area (Å²) < 4.78 is 0. The molecule has 1 atom stereocenters. The minimum Gasteiger partial charge on any atom is -0.507 e. The fourth-order valence-electron chi connectivity index (χ4n) is 2.10. The summed E-state index contributed by atoms with van der Waals surface area (Å²) in [6.45, 7) is 1.94. The van der Waals surface area contributed by atoms with Gasteiger partial charge < -0.3 is 5.11 Å². The lowest BCUT2D eigenvalue weighted by atomic mass is 9.94. The molecule has 0 heterocycles. The first-order valence-corrected chi connectivity index (χ1v) is 5.17. The SMILES string of the molecule is Cc1cc(C=O)c(O)c([C@H]2C=CCC2)c1. The normalized spacial score (nSPS) is 19.4. The molecule has 1 aromatic carbocycles. The van der Waals surface area contributed by atoms with Gasteiger partial charge in [0, 0.05) is 11.5 Å². The number of hydrogen-bond donors (Lipinski definition) is 1.